The highest BCUT2D eigenvalue weighted by Gasteiger charge is 2.19. The number of aromatic nitrogens is 3. The van der Waals surface area contributed by atoms with E-state index in [2.05, 4.69) is 51.2 Å². The Hall–Kier alpha value is -4.34. The van der Waals surface area contributed by atoms with Crippen molar-refractivity contribution in [1.82, 2.24) is 19.3 Å². The van der Waals surface area contributed by atoms with Gasteiger partial charge in [-0.2, -0.15) is 0 Å². The van der Waals surface area contributed by atoms with E-state index >= 15 is 0 Å². The molecule has 0 spiro atoms. The van der Waals surface area contributed by atoms with Crippen LogP contribution in [0.4, 0.5) is 11.6 Å². The minimum absolute atomic E-state index is 0.398. The van der Waals surface area contributed by atoms with Gasteiger partial charge < -0.3 is 24.8 Å². The number of rotatable bonds is 10. The molecule has 1 aliphatic heterocycles. The molecule has 0 saturated carbocycles. The Bertz CT molecular complexity index is 1630. The Morgan fingerprint density at radius 2 is 1.61 bits per heavy atom. The third kappa shape index (κ3) is 5.77. The van der Waals surface area contributed by atoms with E-state index in [9.17, 15) is 0 Å². The fourth-order valence-electron chi connectivity index (χ4n) is 5.51. The molecule has 6 rings (SSSR count). The number of methoxy groups -OCH3 is 2. The van der Waals surface area contributed by atoms with E-state index in [4.69, 9.17) is 24.9 Å². The van der Waals surface area contributed by atoms with Crippen LogP contribution in [0.5, 0.6) is 11.5 Å². The standard InChI is InChI=1S/C32H36N6O3/c1-39-18-19-41-27-12-10-26(11-13-27)37-16-14-36(15-17-37)21-24-7-4-3-6-23(24)20-25-22-38-31(34-25)28-8-5-9-29(40-2)30(28)35-32(38)33/h3-13,22H,14-21H2,1-2H3,(H2,33,35). The number of nitrogens with zero attached hydrogens (tertiary/aromatic N) is 5. The van der Waals surface area contributed by atoms with E-state index in [1.165, 1.54) is 16.8 Å². The number of nitrogens with two attached hydrogens (primary N) is 1. The van der Waals surface area contributed by atoms with Gasteiger partial charge in [0.25, 0.3) is 0 Å². The Labute approximate surface area is 240 Å². The van der Waals surface area contributed by atoms with Crippen molar-refractivity contribution >= 4 is 28.2 Å². The van der Waals surface area contributed by atoms with Crippen LogP contribution in [-0.4, -0.2) is 72.9 Å². The van der Waals surface area contributed by atoms with Crippen LogP contribution in [0.3, 0.4) is 0 Å². The third-order valence-corrected chi connectivity index (χ3v) is 7.70. The van der Waals surface area contributed by atoms with Crippen molar-refractivity contribution in [2.24, 2.45) is 0 Å². The summed E-state index contributed by atoms with van der Waals surface area (Å²) in [6, 6.07) is 22.9. The highest BCUT2D eigenvalue weighted by Crippen LogP contribution is 2.29. The lowest BCUT2D eigenvalue weighted by atomic mass is 10.0. The highest BCUT2D eigenvalue weighted by molar-refractivity contribution is 5.96. The molecule has 2 N–H and O–H groups in total. The zero-order valence-electron chi connectivity index (χ0n) is 23.6. The van der Waals surface area contributed by atoms with Gasteiger partial charge in [0.05, 0.1) is 19.4 Å². The maximum absolute atomic E-state index is 6.33. The van der Waals surface area contributed by atoms with Crippen LogP contribution in [0.25, 0.3) is 16.6 Å². The molecule has 3 heterocycles. The van der Waals surface area contributed by atoms with Gasteiger partial charge in [-0.3, -0.25) is 9.30 Å². The van der Waals surface area contributed by atoms with Crippen LogP contribution in [0.2, 0.25) is 0 Å². The summed E-state index contributed by atoms with van der Waals surface area (Å²) < 4.78 is 18.1. The molecule has 5 aromatic rings. The summed E-state index contributed by atoms with van der Waals surface area (Å²) in [6.07, 6.45) is 2.72. The molecule has 1 fully saturated rings. The van der Waals surface area contributed by atoms with Crippen molar-refractivity contribution < 1.29 is 14.2 Å². The number of hydrogen-bond donors (Lipinski definition) is 1. The lowest BCUT2D eigenvalue weighted by Crippen LogP contribution is -2.46. The average Bonchev–Trinajstić information content (AvgIpc) is 3.44. The molecule has 0 aliphatic carbocycles. The van der Waals surface area contributed by atoms with Crippen LogP contribution in [0.15, 0.2) is 72.9 Å². The molecule has 0 atom stereocenters. The second-order valence-corrected chi connectivity index (χ2v) is 10.3. The minimum Gasteiger partial charge on any atom is -0.494 e. The molecular weight excluding hydrogens is 516 g/mol. The van der Waals surface area contributed by atoms with Crippen LogP contribution >= 0.6 is 0 Å². The van der Waals surface area contributed by atoms with Crippen LogP contribution in [0, 0.1) is 0 Å². The van der Waals surface area contributed by atoms with Crippen molar-refractivity contribution in [2.45, 2.75) is 13.0 Å². The van der Waals surface area contributed by atoms with E-state index in [0.29, 0.717) is 24.9 Å². The SMILES string of the molecule is COCCOc1ccc(N2CCN(Cc3ccccc3Cc3cn4c(N)nc5c(OC)cccc5c4n3)CC2)cc1. The van der Waals surface area contributed by atoms with Crippen molar-refractivity contribution in [1.29, 1.82) is 0 Å². The Morgan fingerprint density at radius 3 is 2.37 bits per heavy atom. The normalized spacial score (nSPS) is 14.1. The summed E-state index contributed by atoms with van der Waals surface area (Å²) >= 11 is 0. The monoisotopic (exact) mass is 552 g/mol. The predicted octanol–water partition coefficient (Wildman–Crippen LogP) is 4.41. The number of fused-ring (bicyclic) bond motifs is 3. The second-order valence-electron chi connectivity index (χ2n) is 10.3. The molecule has 9 heteroatoms. The topological polar surface area (TPSA) is 90.4 Å². The maximum atomic E-state index is 6.33. The minimum atomic E-state index is 0.398. The van der Waals surface area contributed by atoms with Gasteiger partial charge in [0, 0.05) is 63.5 Å². The van der Waals surface area contributed by atoms with Crippen LogP contribution < -0.4 is 20.1 Å². The summed E-state index contributed by atoms with van der Waals surface area (Å²) in [5.41, 5.74) is 12.6. The summed E-state index contributed by atoms with van der Waals surface area (Å²) in [4.78, 5) is 14.5. The molecule has 1 saturated heterocycles. The first-order chi connectivity index (χ1) is 20.1. The van der Waals surface area contributed by atoms with Crippen molar-refractivity contribution in [3.8, 4) is 11.5 Å². The Balaban J connectivity index is 1.13. The van der Waals surface area contributed by atoms with Gasteiger partial charge in [0.2, 0.25) is 5.95 Å². The van der Waals surface area contributed by atoms with Gasteiger partial charge in [-0.05, 0) is 47.5 Å². The van der Waals surface area contributed by atoms with Gasteiger partial charge in [0.1, 0.15) is 29.3 Å². The Morgan fingerprint density at radius 1 is 0.829 bits per heavy atom. The maximum Gasteiger partial charge on any atom is 0.206 e. The van der Waals surface area contributed by atoms with Crippen molar-refractivity contribution in [3.63, 3.8) is 0 Å². The number of ether oxygens (including phenoxy) is 3. The van der Waals surface area contributed by atoms with E-state index < -0.39 is 0 Å². The first kappa shape index (κ1) is 26.9. The molecule has 0 unspecified atom stereocenters. The van der Waals surface area contributed by atoms with Crippen LogP contribution in [-0.2, 0) is 17.7 Å². The zero-order valence-corrected chi connectivity index (χ0v) is 23.6. The Kier molecular flexibility index (Phi) is 7.89. The second kappa shape index (κ2) is 12.0. The molecule has 1 aliphatic rings. The smallest absolute Gasteiger partial charge is 0.206 e. The number of benzene rings is 3. The average molecular weight is 553 g/mol. The molecule has 2 aromatic heterocycles. The molecule has 3 aromatic carbocycles. The molecule has 0 radical (unpaired) electrons. The predicted molar refractivity (Wildman–Crippen MR) is 162 cm³/mol. The van der Waals surface area contributed by atoms with Gasteiger partial charge in [0.15, 0.2) is 0 Å². The first-order valence-corrected chi connectivity index (χ1v) is 14.0. The molecular formula is C32H36N6O3. The fourth-order valence-corrected chi connectivity index (χ4v) is 5.51. The number of nitrogen functional groups attached to an aromatic ring is 1. The summed E-state index contributed by atoms with van der Waals surface area (Å²) in [7, 11) is 3.32. The van der Waals surface area contributed by atoms with Gasteiger partial charge in [-0.25, -0.2) is 9.97 Å². The van der Waals surface area contributed by atoms with Crippen molar-refractivity contribution in [2.75, 3.05) is 64.2 Å². The van der Waals surface area contributed by atoms with E-state index in [1.807, 2.05) is 40.9 Å². The number of piperazine rings is 1. The van der Waals surface area contributed by atoms with Gasteiger partial charge >= 0.3 is 0 Å². The number of imidazole rings is 1. The number of hydrogen-bond acceptors (Lipinski definition) is 8. The van der Waals surface area contributed by atoms with E-state index in [-0.39, 0.29) is 0 Å². The van der Waals surface area contributed by atoms with E-state index in [1.54, 1.807) is 14.2 Å². The molecule has 212 valence electrons. The highest BCUT2D eigenvalue weighted by atomic mass is 16.5. The van der Waals surface area contributed by atoms with Crippen molar-refractivity contribution in [3.05, 3.63) is 89.7 Å². The molecule has 9 nitrogen and oxygen atoms in total. The number of para-hydroxylation sites is 1. The van der Waals surface area contributed by atoms with Crippen LogP contribution in [0.1, 0.15) is 16.8 Å². The zero-order chi connectivity index (χ0) is 28.2. The molecule has 41 heavy (non-hydrogen) atoms. The summed E-state index contributed by atoms with van der Waals surface area (Å²) in [5.74, 6) is 1.96. The fraction of sp³-hybridized carbons (Fsp3) is 0.312. The van der Waals surface area contributed by atoms with Gasteiger partial charge in [-0.15, -0.1) is 0 Å². The lowest BCUT2D eigenvalue weighted by molar-refractivity contribution is 0.146. The quantitative estimate of drug-likeness (QED) is 0.255. The molecule has 0 amide bonds. The molecule has 0 bridgehead atoms. The lowest BCUT2D eigenvalue weighted by Gasteiger charge is -2.36. The summed E-state index contributed by atoms with van der Waals surface area (Å²) in [5, 5.41) is 0.921. The largest absolute Gasteiger partial charge is 0.494 e. The number of anilines is 2. The summed E-state index contributed by atoms with van der Waals surface area (Å²) in [6.45, 7) is 6.04. The van der Waals surface area contributed by atoms with E-state index in [0.717, 1.165) is 67.1 Å². The van der Waals surface area contributed by atoms with Gasteiger partial charge in [-0.1, -0.05) is 30.3 Å². The third-order valence-electron chi connectivity index (χ3n) is 7.70. The first-order valence-electron chi connectivity index (χ1n) is 14.0.